The zero-order chi connectivity index (χ0) is 14.0. The van der Waals surface area contributed by atoms with Crippen LogP contribution in [-0.2, 0) is 6.18 Å². The molecule has 102 valence electrons. The lowest BCUT2D eigenvalue weighted by molar-refractivity contribution is -0.137. The molecule has 2 rings (SSSR count). The van der Waals surface area contributed by atoms with Crippen LogP contribution in [0.4, 0.5) is 18.9 Å². The van der Waals surface area contributed by atoms with Crippen LogP contribution in [0.15, 0.2) is 18.2 Å². The highest BCUT2D eigenvalue weighted by Crippen LogP contribution is 2.34. The monoisotopic (exact) mass is 268 g/mol. The maximum Gasteiger partial charge on any atom is 0.416 e. The summed E-state index contributed by atoms with van der Waals surface area (Å²) in [7, 11) is 1.82. The molecule has 0 aromatic heterocycles. The van der Waals surface area contributed by atoms with Crippen molar-refractivity contribution in [2.75, 3.05) is 18.5 Å². The Morgan fingerprint density at radius 1 is 1.37 bits per heavy atom. The van der Waals surface area contributed by atoms with Crippen LogP contribution in [-0.4, -0.2) is 13.6 Å². The van der Waals surface area contributed by atoms with Crippen molar-refractivity contribution in [3.05, 3.63) is 29.3 Å². The van der Waals surface area contributed by atoms with Crippen LogP contribution in [0.2, 0.25) is 0 Å². The molecule has 0 atom stereocenters. The van der Waals surface area contributed by atoms with Gasteiger partial charge in [0.2, 0.25) is 0 Å². The van der Waals surface area contributed by atoms with Crippen LogP contribution in [0.1, 0.15) is 30.4 Å². The van der Waals surface area contributed by atoms with Gasteiger partial charge in [0, 0.05) is 13.6 Å². The minimum atomic E-state index is -4.41. The minimum absolute atomic E-state index is 0.0802. The van der Waals surface area contributed by atoms with Gasteiger partial charge >= 0.3 is 6.18 Å². The molecule has 0 bridgehead atoms. The number of hydrogen-bond acceptors (Lipinski definition) is 2. The number of nitriles is 1. The van der Waals surface area contributed by atoms with E-state index in [2.05, 4.69) is 0 Å². The molecule has 0 aliphatic heterocycles. The summed E-state index contributed by atoms with van der Waals surface area (Å²) < 4.78 is 37.8. The van der Waals surface area contributed by atoms with Gasteiger partial charge in [0.1, 0.15) is 6.07 Å². The van der Waals surface area contributed by atoms with E-state index in [1.54, 1.807) is 0 Å². The number of rotatable bonds is 3. The topological polar surface area (TPSA) is 27.0 Å². The van der Waals surface area contributed by atoms with E-state index in [-0.39, 0.29) is 5.56 Å². The quantitative estimate of drug-likeness (QED) is 0.833. The van der Waals surface area contributed by atoms with Crippen molar-refractivity contribution in [3.8, 4) is 6.07 Å². The van der Waals surface area contributed by atoms with Gasteiger partial charge < -0.3 is 4.90 Å². The molecule has 0 heterocycles. The van der Waals surface area contributed by atoms with Crippen LogP contribution in [0, 0.1) is 17.2 Å². The molecule has 1 saturated carbocycles. The predicted molar refractivity (Wildman–Crippen MR) is 66.8 cm³/mol. The molecule has 1 aromatic rings. The highest BCUT2D eigenvalue weighted by molar-refractivity contribution is 5.60. The van der Waals surface area contributed by atoms with E-state index in [1.165, 1.54) is 12.5 Å². The predicted octanol–water partition coefficient (Wildman–Crippen LogP) is 3.81. The molecular weight excluding hydrogens is 253 g/mol. The molecule has 0 saturated heterocycles. The number of benzene rings is 1. The largest absolute Gasteiger partial charge is 0.416 e. The number of hydrogen-bond donors (Lipinski definition) is 0. The fraction of sp³-hybridized carbons (Fsp3) is 0.500. The van der Waals surface area contributed by atoms with Gasteiger partial charge in [0.05, 0.1) is 16.8 Å². The summed E-state index contributed by atoms with van der Waals surface area (Å²) in [4.78, 5) is 1.88. The second-order valence-corrected chi connectivity index (χ2v) is 5.02. The molecule has 5 heteroatoms. The van der Waals surface area contributed by atoms with Gasteiger partial charge in [-0.3, -0.25) is 0 Å². The number of alkyl halides is 3. The Morgan fingerprint density at radius 2 is 2.05 bits per heavy atom. The first-order valence-corrected chi connectivity index (χ1v) is 6.24. The van der Waals surface area contributed by atoms with Gasteiger partial charge in [0.15, 0.2) is 0 Å². The third kappa shape index (κ3) is 3.01. The first kappa shape index (κ1) is 13.7. The Hall–Kier alpha value is -1.70. The smallest absolute Gasteiger partial charge is 0.373 e. The molecule has 0 unspecified atom stereocenters. The zero-order valence-corrected chi connectivity index (χ0v) is 10.7. The molecule has 1 aromatic carbocycles. The summed E-state index contributed by atoms with van der Waals surface area (Å²) >= 11 is 0. The summed E-state index contributed by atoms with van der Waals surface area (Å²) in [5.41, 5.74) is -0.121. The highest BCUT2D eigenvalue weighted by Gasteiger charge is 2.31. The first-order chi connectivity index (χ1) is 8.91. The molecule has 2 nitrogen and oxygen atoms in total. The lowest BCUT2D eigenvalue weighted by atomic mass is 9.85. The third-order valence-corrected chi connectivity index (χ3v) is 3.61. The van der Waals surface area contributed by atoms with Crippen molar-refractivity contribution in [3.63, 3.8) is 0 Å². The van der Waals surface area contributed by atoms with Crippen LogP contribution >= 0.6 is 0 Å². The second-order valence-electron chi connectivity index (χ2n) is 5.02. The van der Waals surface area contributed by atoms with Crippen molar-refractivity contribution >= 4 is 5.69 Å². The lowest BCUT2D eigenvalue weighted by Gasteiger charge is -2.31. The van der Waals surface area contributed by atoms with Crippen LogP contribution in [0.5, 0.6) is 0 Å². The highest BCUT2D eigenvalue weighted by atomic mass is 19.4. The number of halogens is 3. The lowest BCUT2D eigenvalue weighted by Crippen LogP contribution is -2.29. The fourth-order valence-electron chi connectivity index (χ4n) is 2.30. The van der Waals surface area contributed by atoms with Crippen molar-refractivity contribution in [1.29, 1.82) is 5.26 Å². The molecular formula is C14H15F3N2. The molecule has 0 radical (unpaired) electrons. The van der Waals surface area contributed by atoms with E-state index in [1.807, 2.05) is 18.0 Å². The SMILES string of the molecule is CN(CC1CCC1)c1ccc(C(F)(F)F)cc1C#N. The Labute approximate surface area is 110 Å². The van der Waals surface area contributed by atoms with E-state index in [9.17, 15) is 13.2 Å². The number of nitrogens with zero attached hydrogens (tertiary/aromatic N) is 2. The Morgan fingerprint density at radius 3 is 2.53 bits per heavy atom. The summed E-state index contributed by atoms with van der Waals surface area (Å²) in [6.07, 6.45) is -0.868. The first-order valence-electron chi connectivity index (χ1n) is 6.24. The van der Waals surface area contributed by atoms with Crippen LogP contribution in [0.3, 0.4) is 0 Å². The molecule has 0 spiro atoms. The van der Waals surface area contributed by atoms with E-state index >= 15 is 0 Å². The number of anilines is 1. The standard InChI is InChI=1S/C14H15F3N2/c1-19(9-10-3-2-4-10)13-6-5-12(14(15,16)17)7-11(13)8-18/h5-7,10H,2-4,9H2,1H3. The normalized spacial score (nSPS) is 15.7. The van der Waals surface area contributed by atoms with Gasteiger partial charge in [-0.15, -0.1) is 0 Å². The Bertz CT molecular complexity index is 498. The molecule has 19 heavy (non-hydrogen) atoms. The maximum absolute atomic E-state index is 12.6. The van der Waals surface area contributed by atoms with Gasteiger partial charge in [-0.05, 0) is 37.0 Å². The third-order valence-electron chi connectivity index (χ3n) is 3.61. The van der Waals surface area contributed by atoms with Gasteiger partial charge in [-0.1, -0.05) is 6.42 Å². The molecule has 1 aliphatic carbocycles. The van der Waals surface area contributed by atoms with Crippen molar-refractivity contribution in [2.24, 2.45) is 5.92 Å². The summed E-state index contributed by atoms with van der Waals surface area (Å²) in [6.45, 7) is 0.792. The maximum atomic E-state index is 12.6. The Balaban J connectivity index is 2.23. The molecule has 0 amide bonds. The summed E-state index contributed by atoms with van der Waals surface area (Å²) in [6, 6.07) is 5.20. The van der Waals surface area contributed by atoms with E-state index in [4.69, 9.17) is 5.26 Å². The fourth-order valence-corrected chi connectivity index (χ4v) is 2.30. The van der Waals surface area contributed by atoms with Crippen LogP contribution in [0.25, 0.3) is 0 Å². The van der Waals surface area contributed by atoms with Crippen molar-refractivity contribution in [2.45, 2.75) is 25.4 Å². The van der Waals surface area contributed by atoms with E-state index < -0.39 is 11.7 Å². The van der Waals surface area contributed by atoms with E-state index in [0.717, 1.165) is 31.5 Å². The molecule has 1 fully saturated rings. The second kappa shape index (κ2) is 5.12. The average molecular weight is 268 g/mol. The zero-order valence-electron chi connectivity index (χ0n) is 10.7. The summed E-state index contributed by atoms with van der Waals surface area (Å²) in [5, 5.41) is 9.02. The molecule has 1 aliphatic rings. The minimum Gasteiger partial charge on any atom is -0.373 e. The van der Waals surface area contributed by atoms with Gasteiger partial charge in [0.25, 0.3) is 0 Å². The van der Waals surface area contributed by atoms with Gasteiger partial charge in [-0.2, -0.15) is 18.4 Å². The van der Waals surface area contributed by atoms with Crippen LogP contribution < -0.4 is 4.90 Å². The van der Waals surface area contributed by atoms with Gasteiger partial charge in [-0.25, -0.2) is 0 Å². The van der Waals surface area contributed by atoms with Crippen molar-refractivity contribution in [1.82, 2.24) is 0 Å². The Kier molecular flexibility index (Phi) is 3.70. The average Bonchev–Trinajstić information content (AvgIpc) is 2.31. The van der Waals surface area contributed by atoms with E-state index in [0.29, 0.717) is 11.6 Å². The van der Waals surface area contributed by atoms with Crippen molar-refractivity contribution < 1.29 is 13.2 Å². The summed E-state index contributed by atoms with van der Waals surface area (Å²) in [5.74, 6) is 0.596. The molecule has 0 N–H and O–H groups in total.